The van der Waals surface area contributed by atoms with Gasteiger partial charge in [0.15, 0.2) is 6.10 Å². The van der Waals surface area contributed by atoms with Gasteiger partial charge >= 0.3 is 5.97 Å². The number of ether oxygens (including phenoxy) is 1. The lowest BCUT2D eigenvalue weighted by Crippen LogP contribution is -2.26. The summed E-state index contributed by atoms with van der Waals surface area (Å²) in [7, 11) is 0. The van der Waals surface area contributed by atoms with Gasteiger partial charge in [0.1, 0.15) is 5.02 Å². The summed E-state index contributed by atoms with van der Waals surface area (Å²) in [6.45, 7) is 1.70. The van der Waals surface area contributed by atoms with E-state index in [-0.39, 0.29) is 10.9 Å². The van der Waals surface area contributed by atoms with Crippen LogP contribution in [0, 0.1) is 0 Å². The van der Waals surface area contributed by atoms with Crippen molar-refractivity contribution in [3.05, 3.63) is 22.3 Å². The van der Waals surface area contributed by atoms with Crippen molar-refractivity contribution in [2.75, 3.05) is 0 Å². The molecule has 4 nitrogen and oxygen atoms in total. The van der Waals surface area contributed by atoms with Gasteiger partial charge in [-0.3, -0.25) is 0 Å². The maximum atomic E-state index is 10.7. The summed E-state index contributed by atoms with van der Waals surface area (Å²) in [5.74, 6) is -0.972. The summed E-state index contributed by atoms with van der Waals surface area (Å²) in [4.78, 5) is 14.5. The molecule has 0 radical (unpaired) electrons. The highest BCUT2D eigenvalue weighted by Crippen LogP contribution is 2.25. The molecule has 0 fully saturated rings. The maximum absolute atomic E-state index is 10.7. The SMILES string of the molecule is CC[C@@H](Oc1ncc(Cl)cc1Cl)C(=O)O. The van der Waals surface area contributed by atoms with Crippen molar-refractivity contribution in [2.45, 2.75) is 19.4 Å². The number of carboxylic acid groups (broad SMARTS) is 1. The van der Waals surface area contributed by atoms with E-state index in [2.05, 4.69) is 4.98 Å². The van der Waals surface area contributed by atoms with Crippen LogP contribution in [0.25, 0.3) is 0 Å². The van der Waals surface area contributed by atoms with E-state index in [4.69, 9.17) is 33.0 Å². The summed E-state index contributed by atoms with van der Waals surface area (Å²) in [5, 5.41) is 9.33. The molecule has 0 aliphatic heterocycles. The Hall–Kier alpha value is -1.00. The Morgan fingerprint density at radius 3 is 2.80 bits per heavy atom. The Kier molecular flexibility index (Phi) is 4.17. The van der Waals surface area contributed by atoms with Gasteiger partial charge in [-0.25, -0.2) is 9.78 Å². The van der Waals surface area contributed by atoms with Crippen LogP contribution in [0.5, 0.6) is 5.88 Å². The molecule has 0 spiro atoms. The van der Waals surface area contributed by atoms with E-state index in [0.29, 0.717) is 11.4 Å². The number of aliphatic carboxylic acids is 1. The van der Waals surface area contributed by atoms with E-state index in [1.54, 1.807) is 6.92 Å². The number of halogens is 2. The molecular formula is C9H9Cl2NO3. The molecule has 0 aliphatic carbocycles. The standard InChI is InChI=1S/C9H9Cl2NO3/c1-2-7(9(13)14)15-8-6(11)3-5(10)4-12-8/h3-4,7H,2H2,1H3,(H,13,14)/t7-/m1/s1. The fourth-order valence-electron chi connectivity index (χ4n) is 0.932. The fraction of sp³-hybridized carbons (Fsp3) is 0.333. The van der Waals surface area contributed by atoms with Crippen LogP contribution >= 0.6 is 23.2 Å². The zero-order valence-corrected chi connectivity index (χ0v) is 9.42. The minimum atomic E-state index is -1.05. The lowest BCUT2D eigenvalue weighted by molar-refractivity contribution is -0.145. The Morgan fingerprint density at radius 2 is 2.33 bits per heavy atom. The first-order chi connectivity index (χ1) is 7.04. The minimum absolute atomic E-state index is 0.0790. The quantitative estimate of drug-likeness (QED) is 0.892. The van der Waals surface area contributed by atoms with E-state index in [1.807, 2.05) is 0 Å². The first kappa shape index (κ1) is 12.1. The van der Waals surface area contributed by atoms with Gasteiger partial charge in [0.25, 0.3) is 0 Å². The third-order valence-corrected chi connectivity index (χ3v) is 2.15. The van der Waals surface area contributed by atoms with Gasteiger partial charge in [-0.2, -0.15) is 0 Å². The molecule has 1 aromatic rings. The highest BCUT2D eigenvalue weighted by Gasteiger charge is 2.18. The molecule has 82 valence electrons. The molecule has 0 amide bonds. The molecule has 6 heteroatoms. The Labute approximate surface area is 96.8 Å². The van der Waals surface area contributed by atoms with Gasteiger partial charge in [-0.15, -0.1) is 0 Å². The van der Waals surface area contributed by atoms with E-state index in [1.165, 1.54) is 12.3 Å². The van der Waals surface area contributed by atoms with Gasteiger partial charge < -0.3 is 9.84 Å². The Bertz CT molecular complexity index is 370. The van der Waals surface area contributed by atoms with Gasteiger partial charge in [-0.05, 0) is 12.5 Å². The molecule has 0 bridgehead atoms. The maximum Gasteiger partial charge on any atom is 0.344 e. The van der Waals surface area contributed by atoms with Crippen molar-refractivity contribution in [3.8, 4) is 5.88 Å². The molecule has 1 rings (SSSR count). The first-order valence-corrected chi connectivity index (χ1v) is 5.00. The van der Waals surface area contributed by atoms with E-state index < -0.39 is 12.1 Å². The van der Waals surface area contributed by atoms with Gasteiger partial charge in [0.2, 0.25) is 5.88 Å². The van der Waals surface area contributed by atoms with Crippen LogP contribution in [0.15, 0.2) is 12.3 Å². The molecule has 0 unspecified atom stereocenters. The monoisotopic (exact) mass is 249 g/mol. The third-order valence-electron chi connectivity index (χ3n) is 1.67. The number of hydrogen-bond acceptors (Lipinski definition) is 3. The molecule has 0 saturated carbocycles. The van der Waals surface area contributed by atoms with Crippen molar-refractivity contribution >= 4 is 29.2 Å². The molecular weight excluding hydrogens is 241 g/mol. The summed E-state index contributed by atoms with van der Waals surface area (Å²) < 4.78 is 5.11. The fourth-order valence-corrected chi connectivity index (χ4v) is 1.36. The molecule has 1 aromatic heterocycles. The average molecular weight is 250 g/mol. The Morgan fingerprint density at radius 1 is 1.67 bits per heavy atom. The predicted molar refractivity (Wildman–Crippen MR) is 56.6 cm³/mol. The summed E-state index contributed by atoms with van der Waals surface area (Å²) in [6.07, 6.45) is 0.726. The number of hydrogen-bond donors (Lipinski definition) is 1. The second kappa shape index (κ2) is 5.19. The van der Waals surface area contributed by atoms with Crippen LogP contribution < -0.4 is 4.74 Å². The van der Waals surface area contributed by atoms with E-state index in [0.717, 1.165) is 0 Å². The number of carboxylic acids is 1. The van der Waals surface area contributed by atoms with Gasteiger partial charge in [0, 0.05) is 6.20 Å². The zero-order valence-electron chi connectivity index (χ0n) is 7.91. The second-order valence-corrected chi connectivity index (χ2v) is 3.64. The number of pyridine rings is 1. The van der Waals surface area contributed by atoms with Crippen LogP contribution in [0.1, 0.15) is 13.3 Å². The molecule has 15 heavy (non-hydrogen) atoms. The van der Waals surface area contributed by atoms with Crippen molar-refractivity contribution in [1.82, 2.24) is 4.98 Å². The van der Waals surface area contributed by atoms with Crippen molar-refractivity contribution < 1.29 is 14.6 Å². The normalized spacial score (nSPS) is 12.2. The lowest BCUT2D eigenvalue weighted by Gasteiger charge is -2.12. The first-order valence-electron chi connectivity index (χ1n) is 4.25. The predicted octanol–water partition coefficient (Wildman–Crippen LogP) is 2.63. The zero-order chi connectivity index (χ0) is 11.4. The number of nitrogens with zero attached hydrogens (tertiary/aromatic N) is 1. The van der Waals surface area contributed by atoms with Crippen LogP contribution in [-0.4, -0.2) is 22.2 Å². The van der Waals surface area contributed by atoms with Crippen LogP contribution in [0.2, 0.25) is 10.0 Å². The van der Waals surface area contributed by atoms with Crippen molar-refractivity contribution in [2.24, 2.45) is 0 Å². The summed E-state index contributed by atoms with van der Waals surface area (Å²) in [6, 6.07) is 1.44. The van der Waals surface area contributed by atoms with Crippen molar-refractivity contribution in [1.29, 1.82) is 0 Å². The number of aromatic nitrogens is 1. The molecule has 1 atom stereocenters. The minimum Gasteiger partial charge on any atom is -0.479 e. The van der Waals surface area contributed by atoms with Crippen LogP contribution in [0.3, 0.4) is 0 Å². The molecule has 1 heterocycles. The Balaban J connectivity index is 2.84. The smallest absolute Gasteiger partial charge is 0.344 e. The van der Waals surface area contributed by atoms with Crippen LogP contribution in [-0.2, 0) is 4.79 Å². The number of rotatable bonds is 4. The highest BCUT2D eigenvalue weighted by molar-refractivity contribution is 6.35. The third kappa shape index (κ3) is 3.25. The lowest BCUT2D eigenvalue weighted by atomic mass is 10.3. The molecule has 0 saturated heterocycles. The van der Waals surface area contributed by atoms with Crippen molar-refractivity contribution in [3.63, 3.8) is 0 Å². The van der Waals surface area contributed by atoms with Gasteiger partial charge in [0.05, 0.1) is 5.02 Å². The average Bonchev–Trinajstić information content (AvgIpc) is 2.16. The molecule has 0 aromatic carbocycles. The van der Waals surface area contributed by atoms with Crippen LogP contribution in [0.4, 0.5) is 0 Å². The number of carbonyl (C=O) groups is 1. The van der Waals surface area contributed by atoms with E-state index in [9.17, 15) is 4.79 Å². The largest absolute Gasteiger partial charge is 0.479 e. The second-order valence-electron chi connectivity index (χ2n) is 2.79. The summed E-state index contributed by atoms with van der Waals surface area (Å²) in [5.41, 5.74) is 0. The van der Waals surface area contributed by atoms with E-state index >= 15 is 0 Å². The van der Waals surface area contributed by atoms with Gasteiger partial charge in [-0.1, -0.05) is 30.1 Å². The topological polar surface area (TPSA) is 59.4 Å². The molecule has 1 N–H and O–H groups in total. The highest BCUT2D eigenvalue weighted by atomic mass is 35.5. The summed E-state index contributed by atoms with van der Waals surface area (Å²) >= 11 is 11.4. The molecule has 0 aliphatic rings.